The molecule has 2 atom stereocenters. The molecule has 1 aromatic rings. The number of alkyl carbamates (subject to hydrolysis) is 1. The fourth-order valence-corrected chi connectivity index (χ4v) is 2.28. The highest BCUT2D eigenvalue weighted by Crippen LogP contribution is 2.16. The molecule has 0 radical (unpaired) electrons. The highest BCUT2D eigenvalue weighted by atomic mass is 16.5. The lowest BCUT2D eigenvalue weighted by Gasteiger charge is -2.16. The van der Waals surface area contributed by atoms with Crippen molar-refractivity contribution in [2.45, 2.75) is 25.5 Å². The number of amides is 2. The van der Waals surface area contributed by atoms with Gasteiger partial charge in [0.1, 0.15) is 12.6 Å². The molecule has 0 aliphatic carbocycles. The van der Waals surface area contributed by atoms with Crippen LogP contribution in [-0.2, 0) is 20.9 Å². The molecule has 1 aliphatic heterocycles. The van der Waals surface area contributed by atoms with Gasteiger partial charge in [-0.3, -0.25) is 4.79 Å². The SMILES string of the molecule is O=C(N[C@@H](C[C@@H]1CCNC1=O)C(=O)O)OCc1ccccc1. The van der Waals surface area contributed by atoms with Crippen LogP contribution in [0, 0.1) is 5.92 Å². The maximum absolute atomic E-state index is 11.7. The van der Waals surface area contributed by atoms with E-state index in [0.717, 1.165) is 5.56 Å². The van der Waals surface area contributed by atoms with Crippen LogP contribution in [0.3, 0.4) is 0 Å². The van der Waals surface area contributed by atoms with Crippen LogP contribution < -0.4 is 10.6 Å². The Kier molecular flexibility index (Phi) is 5.35. The van der Waals surface area contributed by atoms with Gasteiger partial charge in [-0.2, -0.15) is 0 Å². The molecule has 1 heterocycles. The van der Waals surface area contributed by atoms with Gasteiger partial charge in [-0.1, -0.05) is 30.3 Å². The van der Waals surface area contributed by atoms with Crippen LogP contribution >= 0.6 is 0 Å². The third kappa shape index (κ3) is 4.47. The van der Waals surface area contributed by atoms with Crippen LogP contribution in [0.15, 0.2) is 30.3 Å². The predicted octanol–water partition coefficient (Wildman–Crippen LogP) is 0.892. The first-order valence-electron chi connectivity index (χ1n) is 7.04. The highest BCUT2D eigenvalue weighted by Gasteiger charge is 2.31. The van der Waals surface area contributed by atoms with E-state index in [4.69, 9.17) is 9.84 Å². The zero-order valence-electron chi connectivity index (χ0n) is 12.0. The second-order valence-corrected chi connectivity index (χ2v) is 5.11. The zero-order chi connectivity index (χ0) is 15.9. The van der Waals surface area contributed by atoms with E-state index in [-0.39, 0.29) is 18.9 Å². The van der Waals surface area contributed by atoms with Gasteiger partial charge < -0.3 is 20.5 Å². The Bertz CT molecular complexity index is 546. The number of rotatable bonds is 6. The van der Waals surface area contributed by atoms with Crippen LogP contribution in [0.1, 0.15) is 18.4 Å². The number of hydrogen-bond donors (Lipinski definition) is 3. The van der Waals surface area contributed by atoms with Crippen molar-refractivity contribution in [2.75, 3.05) is 6.54 Å². The number of aliphatic carboxylic acids is 1. The second-order valence-electron chi connectivity index (χ2n) is 5.11. The summed E-state index contributed by atoms with van der Waals surface area (Å²) in [5.74, 6) is -1.75. The fourth-order valence-electron chi connectivity index (χ4n) is 2.28. The summed E-state index contributed by atoms with van der Waals surface area (Å²) >= 11 is 0. The van der Waals surface area contributed by atoms with Gasteiger partial charge in [0.2, 0.25) is 5.91 Å². The number of benzene rings is 1. The van der Waals surface area contributed by atoms with E-state index in [1.165, 1.54) is 0 Å². The number of carboxylic acids is 1. The predicted molar refractivity (Wildman–Crippen MR) is 76.9 cm³/mol. The third-order valence-electron chi connectivity index (χ3n) is 3.49. The molecule has 1 saturated heterocycles. The maximum atomic E-state index is 11.7. The molecular formula is C15H18N2O5. The van der Waals surface area contributed by atoms with E-state index in [9.17, 15) is 14.4 Å². The van der Waals surface area contributed by atoms with E-state index >= 15 is 0 Å². The van der Waals surface area contributed by atoms with Gasteiger partial charge in [-0.05, 0) is 18.4 Å². The molecular weight excluding hydrogens is 288 g/mol. The largest absolute Gasteiger partial charge is 0.480 e. The van der Waals surface area contributed by atoms with Crippen molar-refractivity contribution >= 4 is 18.0 Å². The van der Waals surface area contributed by atoms with Gasteiger partial charge in [0.15, 0.2) is 0 Å². The van der Waals surface area contributed by atoms with Crippen molar-refractivity contribution in [1.82, 2.24) is 10.6 Å². The van der Waals surface area contributed by atoms with E-state index in [1.54, 1.807) is 12.1 Å². The van der Waals surface area contributed by atoms with Crippen LogP contribution in [0.5, 0.6) is 0 Å². The number of hydrogen-bond acceptors (Lipinski definition) is 4. The van der Waals surface area contributed by atoms with Crippen molar-refractivity contribution in [3.8, 4) is 0 Å². The summed E-state index contributed by atoms with van der Waals surface area (Å²) in [4.78, 5) is 34.4. The Labute approximate surface area is 127 Å². The number of ether oxygens (including phenoxy) is 1. The van der Waals surface area contributed by atoms with Crippen LogP contribution in [0.4, 0.5) is 4.79 Å². The second kappa shape index (κ2) is 7.44. The molecule has 0 unspecified atom stereocenters. The Morgan fingerprint density at radius 2 is 2.09 bits per heavy atom. The van der Waals surface area contributed by atoms with Gasteiger partial charge in [0.05, 0.1) is 0 Å². The van der Waals surface area contributed by atoms with E-state index < -0.39 is 24.0 Å². The molecule has 2 amide bonds. The standard InChI is InChI=1S/C15H18N2O5/c18-13-11(6-7-16-13)8-12(14(19)20)17-15(21)22-9-10-4-2-1-3-5-10/h1-5,11-12H,6-9H2,(H,16,18)(H,17,21)(H,19,20)/t11-,12-/m0/s1. The van der Waals surface area contributed by atoms with Gasteiger partial charge in [0, 0.05) is 12.5 Å². The lowest BCUT2D eigenvalue weighted by Crippen LogP contribution is -2.43. The molecule has 0 spiro atoms. The quantitative estimate of drug-likeness (QED) is 0.724. The lowest BCUT2D eigenvalue weighted by atomic mass is 9.98. The minimum atomic E-state index is -1.18. The summed E-state index contributed by atoms with van der Waals surface area (Å²) in [6, 6.07) is 7.92. The van der Waals surface area contributed by atoms with Crippen LogP contribution in [0.25, 0.3) is 0 Å². The minimum Gasteiger partial charge on any atom is -0.480 e. The van der Waals surface area contributed by atoms with E-state index in [2.05, 4.69) is 10.6 Å². The van der Waals surface area contributed by atoms with Crippen LogP contribution in [0.2, 0.25) is 0 Å². The summed E-state index contributed by atoms with van der Waals surface area (Å²) in [5, 5.41) is 14.1. The Morgan fingerprint density at radius 3 is 2.68 bits per heavy atom. The van der Waals surface area contributed by atoms with Crippen molar-refractivity contribution in [3.63, 3.8) is 0 Å². The van der Waals surface area contributed by atoms with Crippen LogP contribution in [-0.4, -0.2) is 35.7 Å². The number of nitrogens with one attached hydrogen (secondary N) is 2. The molecule has 1 aromatic carbocycles. The molecule has 0 saturated carbocycles. The summed E-state index contributed by atoms with van der Waals surface area (Å²) in [6.07, 6.45) is -0.181. The molecule has 0 aromatic heterocycles. The first-order valence-corrected chi connectivity index (χ1v) is 7.04. The minimum absolute atomic E-state index is 0.0571. The average molecular weight is 306 g/mol. The summed E-state index contributed by atoms with van der Waals surface area (Å²) in [5.41, 5.74) is 0.805. The zero-order valence-corrected chi connectivity index (χ0v) is 12.0. The molecule has 7 heteroatoms. The number of carboxylic acid groups (broad SMARTS) is 1. The van der Waals surface area contributed by atoms with Crippen molar-refractivity contribution in [3.05, 3.63) is 35.9 Å². The summed E-state index contributed by atoms with van der Waals surface area (Å²) < 4.78 is 4.99. The Morgan fingerprint density at radius 1 is 1.36 bits per heavy atom. The van der Waals surface area contributed by atoms with Gasteiger partial charge in [-0.25, -0.2) is 9.59 Å². The van der Waals surface area contributed by atoms with Crippen molar-refractivity contribution < 1.29 is 24.2 Å². The summed E-state index contributed by atoms with van der Waals surface area (Å²) in [6.45, 7) is 0.594. The Hall–Kier alpha value is -2.57. The van der Waals surface area contributed by atoms with Gasteiger partial charge in [-0.15, -0.1) is 0 Å². The number of carbonyl (C=O) groups is 3. The molecule has 1 fully saturated rings. The Balaban J connectivity index is 1.83. The summed E-state index contributed by atoms with van der Waals surface area (Å²) in [7, 11) is 0. The molecule has 22 heavy (non-hydrogen) atoms. The molecule has 3 N–H and O–H groups in total. The third-order valence-corrected chi connectivity index (χ3v) is 3.49. The average Bonchev–Trinajstić information content (AvgIpc) is 2.91. The maximum Gasteiger partial charge on any atom is 0.408 e. The van der Waals surface area contributed by atoms with Gasteiger partial charge in [0.25, 0.3) is 0 Å². The highest BCUT2D eigenvalue weighted by molar-refractivity contribution is 5.83. The molecule has 0 bridgehead atoms. The first-order chi connectivity index (χ1) is 10.6. The van der Waals surface area contributed by atoms with Crippen molar-refractivity contribution in [2.24, 2.45) is 5.92 Å². The lowest BCUT2D eigenvalue weighted by molar-refractivity contribution is -0.140. The van der Waals surface area contributed by atoms with E-state index in [0.29, 0.717) is 13.0 Å². The molecule has 7 nitrogen and oxygen atoms in total. The topological polar surface area (TPSA) is 105 Å². The van der Waals surface area contributed by atoms with E-state index in [1.807, 2.05) is 18.2 Å². The molecule has 1 aliphatic rings. The van der Waals surface area contributed by atoms with Gasteiger partial charge >= 0.3 is 12.1 Å². The fraction of sp³-hybridized carbons (Fsp3) is 0.400. The molecule has 2 rings (SSSR count). The number of carbonyl (C=O) groups excluding carboxylic acids is 2. The van der Waals surface area contributed by atoms with Crippen molar-refractivity contribution in [1.29, 1.82) is 0 Å². The normalized spacial score (nSPS) is 18.4. The monoisotopic (exact) mass is 306 g/mol. The molecule has 118 valence electrons. The first kappa shape index (κ1) is 15.8. The smallest absolute Gasteiger partial charge is 0.408 e.